The first-order valence-electron chi connectivity index (χ1n) is 5.34. The van der Waals surface area contributed by atoms with Crippen molar-refractivity contribution in [2.24, 2.45) is 17.9 Å². The molecular weight excluding hydrogens is 270 g/mol. The van der Waals surface area contributed by atoms with E-state index in [0.29, 0.717) is 11.4 Å². The smallest absolute Gasteiger partial charge is 0.240 e. The van der Waals surface area contributed by atoms with E-state index in [0.717, 1.165) is 5.69 Å². The van der Waals surface area contributed by atoms with E-state index in [9.17, 15) is 0 Å². The lowest BCUT2D eigenvalue weighted by molar-refractivity contribution is 0.318. The molecule has 0 radical (unpaired) electrons. The number of ether oxygens (including phenoxy) is 1. The molecule has 0 aliphatic rings. The molecule has 0 unspecified atom stereocenters. The number of pyridine rings is 1. The van der Waals surface area contributed by atoms with E-state index in [1.165, 1.54) is 12.3 Å². The second-order valence-electron chi connectivity index (χ2n) is 3.81. The molecule has 0 aliphatic heterocycles. The fourth-order valence-electron chi connectivity index (χ4n) is 1.53. The van der Waals surface area contributed by atoms with Gasteiger partial charge in [0.25, 0.3) is 0 Å². The van der Waals surface area contributed by atoms with Crippen LogP contribution in [-0.4, -0.2) is 25.8 Å². The van der Waals surface area contributed by atoms with Crippen LogP contribution in [0.25, 0.3) is 0 Å². The summed E-state index contributed by atoms with van der Waals surface area (Å²) < 4.78 is 7.12. The highest BCUT2D eigenvalue weighted by Gasteiger charge is 2.14. The monoisotopic (exact) mass is 281 g/mol. The third kappa shape index (κ3) is 2.60. The summed E-state index contributed by atoms with van der Waals surface area (Å²) in [6.45, 7) is 1.84. The van der Waals surface area contributed by atoms with Crippen molar-refractivity contribution in [1.82, 2.24) is 14.8 Å². The van der Waals surface area contributed by atoms with Gasteiger partial charge in [0.15, 0.2) is 5.84 Å². The highest BCUT2D eigenvalue weighted by molar-refractivity contribution is 6.35. The Bertz CT molecular complexity index is 638. The van der Waals surface area contributed by atoms with Crippen LogP contribution in [0.2, 0.25) is 5.02 Å². The van der Waals surface area contributed by atoms with Crippen molar-refractivity contribution in [3.63, 3.8) is 0 Å². The normalized spacial score (nSPS) is 11.6. The fraction of sp³-hybridized carbons (Fsp3) is 0.182. The molecule has 7 nitrogen and oxygen atoms in total. The summed E-state index contributed by atoms with van der Waals surface area (Å²) in [6.07, 6.45) is 1.46. The molecule has 3 N–H and O–H groups in total. The Balaban J connectivity index is 2.39. The summed E-state index contributed by atoms with van der Waals surface area (Å²) in [5.41, 5.74) is 6.65. The Labute approximate surface area is 114 Å². The number of aryl methyl sites for hydroxylation is 2. The maximum Gasteiger partial charge on any atom is 0.240 e. The highest BCUT2D eigenvalue weighted by Crippen LogP contribution is 2.29. The minimum absolute atomic E-state index is 0.113. The van der Waals surface area contributed by atoms with Gasteiger partial charge in [0.1, 0.15) is 5.02 Å². The molecule has 0 fully saturated rings. The number of oxime groups is 1. The van der Waals surface area contributed by atoms with E-state index in [1.54, 1.807) is 17.8 Å². The van der Waals surface area contributed by atoms with Gasteiger partial charge >= 0.3 is 0 Å². The summed E-state index contributed by atoms with van der Waals surface area (Å²) in [5, 5.41) is 15.9. The van der Waals surface area contributed by atoms with E-state index in [1.807, 2.05) is 6.92 Å². The lowest BCUT2D eigenvalue weighted by Crippen LogP contribution is -2.14. The molecule has 2 aromatic heterocycles. The van der Waals surface area contributed by atoms with Crippen LogP contribution < -0.4 is 10.5 Å². The predicted octanol–water partition coefficient (Wildman–Crippen LogP) is 1.66. The molecule has 19 heavy (non-hydrogen) atoms. The Kier molecular flexibility index (Phi) is 3.57. The number of hydrogen-bond donors (Lipinski definition) is 2. The van der Waals surface area contributed by atoms with Crippen LogP contribution in [0.5, 0.6) is 11.8 Å². The number of aromatic nitrogens is 3. The summed E-state index contributed by atoms with van der Waals surface area (Å²) in [7, 11) is 1.74. The zero-order valence-electron chi connectivity index (χ0n) is 10.3. The summed E-state index contributed by atoms with van der Waals surface area (Å²) in [5.74, 6) is 0.538. The van der Waals surface area contributed by atoms with Gasteiger partial charge in [-0.1, -0.05) is 16.8 Å². The van der Waals surface area contributed by atoms with Gasteiger partial charge in [0, 0.05) is 24.9 Å². The van der Waals surface area contributed by atoms with E-state index >= 15 is 0 Å². The first kappa shape index (κ1) is 13.2. The molecule has 0 atom stereocenters. The SMILES string of the molecule is Cc1cc(Oc2nccc(/C(N)=N/O)c2Cl)n(C)n1. The van der Waals surface area contributed by atoms with Crippen LogP contribution >= 0.6 is 11.6 Å². The van der Waals surface area contributed by atoms with Crippen LogP contribution in [0.4, 0.5) is 0 Å². The lowest BCUT2D eigenvalue weighted by Gasteiger charge is -2.08. The van der Waals surface area contributed by atoms with Gasteiger partial charge in [-0.2, -0.15) is 5.10 Å². The lowest BCUT2D eigenvalue weighted by atomic mass is 10.2. The second-order valence-corrected chi connectivity index (χ2v) is 4.19. The van der Waals surface area contributed by atoms with Crippen molar-refractivity contribution < 1.29 is 9.94 Å². The van der Waals surface area contributed by atoms with E-state index < -0.39 is 0 Å². The molecule has 0 aliphatic carbocycles. The molecule has 0 aromatic carbocycles. The topological polar surface area (TPSA) is 98.5 Å². The summed E-state index contributed by atoms with van der Waals surface area (Å²) in [4.78, 5) is 4.01. The molecule has 0 saturated carbocycles. The largest absolute Gasteiger partial charge is 0.419 e. The highest BCUT2D eigenvalue weighted by atomic mass is 35.5. The zero-order valence-corrected chi connectivity index (χ0v) is 11.1. The number of hydrogen-bond acceptors (Lipinski definition) is 5. The van der Waals surface area contributed by atoms with Gasteiger partial charge in [-0.25, -0.2) is 9.67 Å². The molecule has 2 heterocycles. The average Bonchev–Trinajstić information content (AvgIpc) is 2.69. The van der Waals surface area contributed by atoms with Gasteiger partial charge in [-0.3, -0.25) is 0 Å². The van der Waals surface area contributed by atoms with E-state index in [4.69, 9.17) is 27.3 Å². The summed E-state index contributed by atoms with van der Waals surface area (Å²) >= 11 is 6.10. The quantitative estimate of drug-likeness (QED) is 0.386. The first-order chi connectivity index (χ1) is 9.02. The molecule has 2 aromatic rings. The summed E-state index contributed by atoms with van der Waals surface area (Å²) in [6, 6.07) is 3.27. The molecular formula is C11H12ClN5O2. The van der Waals surface area contributed by atoms with Crippen molar-refractivity contribution in [2.45, 2.75) is 6.92 Å². The van der Waals surface area contributed by atoms with Crippen molar-refractivity contribution in [2.75, 3.05) is 0 Å². The van der Waals surface area contributed by atoms with Crippen LogP contribution in [0.15, 0.2) is 23.5 Å². The predicted molar refractivity (Wildman–Crippen MR) is 69.8 cm³/mol. The van der Waals surface area contributed by atoms with Crippen molar-refractivity contribution in [3.8, 4) is 11.8 Å². The Morgan fingerprint density at radius 3 is 2.89 bits per heavy atom. The van der Waals surface area contributed by atoms with Crippen LogP contribution in [0, 0.1) is 6.92 Å². The number of rotatable bonds is 3. The molecule has 0 spiro atoms. The van der Waals surface area contributed by atoms with Crippen LogP contribution in [0.3, 0.4) is 0 Å². The molecule has 0 saturated heterocycles. The zero-order chi connectivity index (χ0) is 14.0. The maximum absolute atomic E-state index is 8.67. The Morgan fingerprint density at radius 1 is 1.58 bits per heavy atom. The minimum atomic E-state index is -0.113. The molecule has 2 rings (SSSR count). The van der Waals surface area contributed by atoms with Gasteiger partial charge < -0.3 is 15.7 Å². The number of halogens is 1. The van der Waals surface area contributed by atoms with Gasteiger partial charge in [-0.15, -0.1) is 0 Å². The standard InChI is InChI=1S/C11H12ClN5O2/c1-6-5-8(17(2)15-6)19-11-9(12)7(3-4-14-11)10(13)16-18/h3-5,18H,1-2H3,(H2,13,16). The Morgan fingerprint density at radius 2 is 2.32 bits per heavy atom. The minimum Gasteiger partial charge on any atom is -0.419 e. The van der Waals surface area contributed by atoms with E-state index in [2.05, 4.69) is 15.2 Å². The molecule has 8 heteroatoms. The number of nitrogens with zero attached hydrogens (tertiary/aromatic N) is 4. The molecule has 100 valence electrons. The third-order valence-electron chi connectivity index (χ3n) is 2.40. The van der Waals surface area contributed by atoms with Crippen molar-refractivity contribution in [1.29, 1.82) is 0 Å². The average molecular weight is 282 g/mol. The fourth-order valence-corrected chi connectivity index (χ4v) is 1.78. The van der Waals surface area contributed by atoms with Crippen molar-refractivity contribution >= 4 is 17.4 Å². The molecule has 0 bridgehead atoms. The maximum atomic E-state index is 8.67. The first-order valence-corrected chi connectivity index (χ1v) is 5.71. The Hall–Kier alpha value is -2.28. The third-order valence-corrected chi connectivity index (χ3v) is 2.77. The van der Waals surface area contributed by atoms with Crippen molar-refractivity contribution in [3.05, 3.63) is 34.6 Å². The van der Waals surface area contributed by atoms with Gasteiger partial charge in [-0.05, 0) is 13.0 Å². The van der Waals surface area contributed by atoms with Gasteiger partial charge in [0.2, 0.25) is 11.8 Å². The van der Waals surface area contributed by atoms with Gasteiger partial charge in [0.05, 0.1) is 5.69 Å². The molecule has 0 amide bonds. The second kappa shape index (κ2) is 5.15. The van der Waals surface area contributed by atoms with E-state index in [-0.39, 0.29) is 16.7 Å². The van der Waals surface area contributed by atoms with Crippen LogP contribution in [-0.2, 0) is 7.05 Å². The van der Waals surface area contributed by atoms with Crippen LogP contribution in [0.1, 0.15) is 11.3 Å². The number of amidine groups is 1. The number of nitrogens with two attached hydrogens (primary N) is 1.